The molecule has 3 aromatic rings. The van der Waals surface area contributed by atoms with Gasteiger partial charge in [-0.2, -0.15) is 0 Å². The van der Waals surface area contributed by atoms with Gasteiger partial charge in [-0.05, 0) is 73.0 Å². The minimum Gasteiger partial charge on any atom is -0.489 e. The van der Waals surface area contributed by atoms with E-state index in [2.05, 4.69) is 62.4 Å². The van der Waals surface area contributed by atoms with Crippen molar-refractivity contribution >= 4 is 38.4 Å². The maximum atomic E-state index is 6.34. The molecule has 2 aromatic heterocycles. The molecule has 0 atom stereocenters. The van der Waals surface area contributed by atoms with Crippen LogP contribution >= 0.6 is 27.5 Å². The number of fused-ring (bicyclic) bond motifs is 1. The SMILES string of the molecule is CC(C)N1CCC(Oc2cc3ccn(-c4ccnc(Cl)c4)c3cc2Br)CC1. The van der Waals surface area contributed by atoms with Gasteiger partial charge in [0.05, 0.1) is 15.7 Å². The van der Waals surface area contributed by atoms with E-state index in [1.54, 1.807) is 6.20 Å². The Labute approximate surface area is 173 Å². The van der Waals surface area contributed by atoms with E-state index < -0.39 is 0 Å². The number of aromatic nitrogens is 2. The van der Waals surface area contributed by atoms with Crippen LogP contribution in [0, 0.1) is 0 Å². The number of benzene rings is 1. The molecule has 6 heteroatoms. The lowest BCUT2D eigenvalue weighted by atomic mass is 10.1. The van der Waals surface area contributed by atoms with Crippen molar-refractivity contribution < 1.29 is 4.74 Å². The zero-order valence-corrected chi connectivity index (χ0v) is 17.9. The van der Waals surface area contributed by atoms with Crippen molar-refractivity contribution in [3.8, 4) is 11.4 Å². The molecular weight excluding hydrogens is 426 g/mol. The first-order valence-corrected chi connectivity index (χ1v) is 10.5. The molecule has 0 N–H and O–H groups in total. The molecule has 0 aliphatic carbocycles. The lowest BCUT2D eigenvalue weighted by Gasteiger charge is -2.34. The third-order valence-corrected chi connectivity index (χ3v) is 6.06. The van der Waals surface area contributed by atoms with Gasteiger partial charge in [0.1, 0.15) is 17.0 Å². The predicted molar refractivity (Wildman–Crippen MR) is 114 cm³/mol. The normalized spacial score (nSPS) is 16.3. The summed E-state index contributed by atoms with van der Waals surface area (Å²) in [6.45, 7) is 6.71. The molecule has 0 bridgehead atoms. The number of halogens is 2. The van der Waals surface area contributed by atoms with Gasteiger partial charge in [0, 0.05) is 36.9 Å². The monoisotopic (exact) mass is 447 g/mol. The summed E-state index contributed by atoms with van der Waals surface area (Å²) in [5.74, 6) is 0.913. The Balaban J connectivity index is 1.57. The molecule has 0 saturated carbocycles. The molecule has 4 rings (SSSR count). The van der Waals surface area contributed by atoms with E-state index in [9.17, 15) is 0 Å². The van der Waals surface area contributed by atoms with E-state index in [1.165, 1.54) is 0 Å². The third-order valence-electron chi connectivity index (χ3n) is 5.23. The van der Waals surface area contributed by atoms with Gasteiger partial charge in [-0.15, -0.1) is 0 Å². The molecule has 0 unspecified atom stereocenters. The Morgan fingerprint density at radius 1 is 1.19 bits per heavy atom. The molecule has 1 aliphatic rings. The van der Waals surface area contributed by atoms with Crippen LogP contribution in [0.25, 0.3) is 16.6 Å². The van der Waals surface area contributed by atoms with Gasteiger partial charge in [0.2, 0.25) is 0 Å². The molecule has 27 heavy (non-hydrogen) atoms. The Morgan fingerprint density at radius 3 is 2.67 bits per heavy atom. The van der Waals surface area contributed by atoms with E-state index >= 15 is 0 Å². The first-order valence-electron chi connectivity index (χ1n) is 9.34. The van der Waals surface area contributed by atoms with E-state index in [0.717, 1.165) is 52.7 Å². The molecule has 3 heterocycles. The van der Waals surface area contributed by atoms with Crippen LogP contribution in [0.4, 0.5) is 0 Å². The van der Waals surface area contributed by atoms with Crippen LogP contribution in [0.2, 0.25) is 5.15 Å². The van der Waals surface area contributed by atoms with E-state index in [-0.39, 0.29) is 6.10 Å². The summed E-state index contributed by atoms with van der Waals surface area (Å²) in [4.78, 5) is 6.57. The van der Waals surface area contributed by atoms with Crippen molar-refractivity contribution in [2.75, 3.05) is 13.1 Å². The molecule has 1 aromatic carbocycles. The molecule has 1 saturated heterocycles. The number of pyridine rings is 1. The van der Waals surface area contributed by atoms with Gasteiger partial charge in [0.25, 0.3) is 0 Å². The first kappa shape index (κ1) is 18.8. The Morgan fingerprint density at radius 2 is 1.96 bits per heavy atom. The van der Waals surface area contributed by atoms with Crippen LogP contribution in [-0.2, 0) is 0 Å². The highest BCUT2D eigenvalue weighted by atomic mass is 79.9. The van der Waals surface area contributed by atoms with Crippen LogP contribution in [0.3, 0.4) is 0 Å². The smallest absolute Gasteiger partial charge is 0.134 e. The summed E-state index contributed by atoms with van der Waals surface area (Å²) < 4.78 is 9.43. The van der Waals surface area contributed by atoms with Gasteiger partial charge in [0.15, 0.2) is 0 Å². The molecule has 1 aliphatic heterocycles. The zero-order valence-electron chi connectivity index (χ0n) is 15.5. The standard InChI is InChI=1S/C21H23BrClN3O/c1-14(2)25-8-5-17(6-9-25)27-20-11-15-4-10-26(19(15)13-18(20)22)16-3-7-24-21(23)12-16/h3-4,7,10-14,17H,5-6,8-9H2,1-2H3. The number of hydrogen-bond donors (Lipinski definition) is 0. The van der Waals surface area contributed by atoms with Gasteiger partial charge < -0.3 is 14.2 Å². The highest BCUT2D eigenvalue weighted by Gasteiger charge is 2.23. The fourth-order valence-electron chi connectivity index (χ4n) is 3.68. The average molecular weight is 449 g/mol. The van der Waals surface area contributed by atoms with Crippen molar-refractivity contribution in [2.45, 2.75) is 38.8 Å². The second kappa shape index (κ2) is 7.82. The average Bonchev–Trinajstić information content (AvgIpc) is 3.05. The second-order valence-electron chi connectivity index (χ2n) is 7.31. The van der Waals surface area contributed by atoms with Crippen LogP contribution < -0.4 is 4.74 Å². The Hall–Kier alpha value is -1.56. The minimum absolute atomic E-state index is 0.273. The maximum absolute atomic E-state index is 6.34. The molecule has 0 spiro atoms. The number of piperidine rings is 1. The summed E-state index contributed by atoms with van der Waals surface area (Å²) >= 11 is 9.75. The van der Waals surface area contributed by atoms with Gasteiger partial charge in [-0.1, -0.05) is 11.6 Å². The zero-order chi connectivity index (χ0) is 19.0. The molecule has 0 amide bonds. The molecule has 1 fully saturated rings. The quantitative estimate of drug-likeness (QED) is 0.480. The van der Waals surface area contributed by atoms with Crippen LogP contribution in [0.1, 0.15) is 26.7 Å². The van der Waals surface area contributed by atoms with Crippen LogP contribution in [-0.4, -0.2) is 39.7 Å². The summed E-state index contributed by atoms with van der Waals surface area (Å²) in [6, 6.07) is 10.8. The highest BCUT2D eigenvalue weighted by Crippen LogP contribution is 2.34. The van der Waals surface area contributed by atoms with Gasteiger partial charge >= 0.3 is 0 Å². The van der Waals surface area contributed by atoms with Crippen molar-refractivity contribution in [3.63, 3.8) is 0 Å². The first-order chi connectivity index (χ1) is 13.0. The van der Waals surface area contributed by atoms with E-state index in [1.807, 2.05) is 18.3 Å². The molecule has 0 radical (unpaired) electrons. The minimum atomic E-state index is 0.273. The largest absolute Gasteiger partial charge is 0.489 e. The van der Waals surface area contributed by atoms with Gasteiger partial charge in [-0.25, -0.2) is 4.98 Å². The lowest BCUT2D eigenvalue weighted by Crippen LogP contribution is -2.41. The van der Waals surface area contributed by atoms with Crippen molar-refractivity contribution in [3.05, 3.63) is 52.4 Å². The fourth-order valence-corrected chi connectivity index (χ4v) is 4.28. The molecule has 142 valence electrons. The number of rotatable bonds is 4. The molecule has 4 nitrogen and oxygen atoms in total. The maximum Gasteiger partial charge on any atom is 0.134 e. The van der Waals surface area contributed by atoms with Crippen LogP contribution in [0.5, 0.6) is 5.75 Å². The Kier molecular flexibility index (Phi) is 5.44. The van der Waals surface area contributed by atoms with E-state index in [4.69, 9.17) is 16.3 Å². The third kappa shape index (κ3) is 4.00. The molecular formula is C21H23BrClN3O. The number of hydrogen-bond acceptors (Lipinski definition) is 3. The van der Waals surface area contributed by atoms with Crippen molar-refractivity contribution in [2.24, 2.45) is 0 Å². The summed E-state index contributed by atoms with van der Waals surface area (Å²) in [5.41, 5.74) is 2.10. The van der Waals surface area contributed by atoms with Crippen molar-refractivity contribution in [1.29, 1.82) is 0 Å². The summed E-state index contributed by atoms with van der Waals surface area (Å²) in [7, 11) is 0. The number of ether oxygens (including phenoxy) is 1. The number of nitrogens with zero attached hydrogens (tertiary/aromatic N) is 3. The summed E-state index contributed by atoms with van der Waals surface area (Å²) in [6.07, 6.45) is 6.18. The topological polar surface area (TPSA) is 30.3 Å². The second-order valence-corrected chi connectivity index (χ2v) is 8.55. The Bertz CT molecular complexity index is 948. The summed E-state index contributed by atoms with van der Waals surface area (Å²) in [5, 5.41) is 1.63. The lowest BCUT2D eigenvalue weighted by molar-refractivity contribution is 0.0839. The highest BCUT2D eigenvalue weighted by molar-refractivity contribution is 9.10. The van der Waals surface area contributed by atoms with Crippen molar-refractivity contribution in [1.82, 2.24) is 14.5 Å². The fraction of sp³-hybridized carbons (Fsp3) is 0.381. The predicted octanol–water partition coefficient (Wildman–Crippen LogP) is 5.69. The number of likely N-dealkylation sites (tertiary alicyclic amines) is 1. The van der Waals surface area contributed by atoms with E-state index in [0.29, 0.717) is 11.2 Å². The van der Waals surface area contributed by atoms with Crippen LogP contribution in [0.15, 0.2) is 47.2 Å². The van der Waals surface area contributed by atoms with Gasteiger partial charge in [-0.3, -0.25) is 0 Å².